The first kappa shape index (κ1) is 18.7. The van der Waals surface area contributed by atoms with Crippen LogP contribution in [0.3, 0.4) is 0 Å². The Morgan fingerprint density at radius 1 is 1.50 bits per heavy atom. The van der Waals surface area contributed by atoms with Crippen LogP contribution in [0.1, 0.15) is 50.5 Å². The van der Waals surface area contributed by atoms with Gasteiger partial charge in [0.15, 0.2) is 0 Å². The molecular formula is C17H20N4O3S2. The number of carbonyl (C=O) groups is 2. The lowest BCUT2D eigenvalue weighted by Crippen LogP contribution is -2.22. The first-order chi connectivity index (χ1) is 12.4. The molecule has 2 aromatic heterocycles. The average molecular weight is 393 g/mol. The standard InChI is InChI=1S/C17H20N4O3S2/c1-8-3-4-9-11(5-8)26-17(14(9)15(18)23)21-16(24)10-6-13(22)20-12(19-10)7-25-2/h6,8H,3-5,7H2,1-2H3,(H2,18,23)(H,21,24)(H,19,20,22). The Hall–Kier alpha value is -2.13. The number of hydrogen-bond donors (Lipinski definition) is 3. The second-order valence-electron chi connectivity index (χ2n) is 6.38. The van der Waals surface area contributed by atoms with E-state index in [1.54, 1.807) is 0 Å². The molecule has 1 aliphatic rings. The largest absolute Gasteiger partial charge is 0.365 e. The molecular weight excluding hydrogens is 372 g/mol. The Bertz CT molecular complexity index is 919. The molecule has 0 fully saturated rings. The van der Waals surface area contributed by atoms with Crippen molar-refractivity contribution in [2.24, 2.45) is 11.7 Å². The maximum atomic E-state index is 12.6. The van der Waals surface area contributed by atoms with Crippen molar-refractivity contribution in [1.29, 1.82) is 0 Å². The molecule has 1 unspecified atom stereocenters. The minimum atomic E-state index is -0.547. The second-order valence-corrected chi connectivity index (χ2v) is 8.36. The van der Waals surface area contributed by atoms with Crippen LogP contribution in [-0.4, -0.2) is 28.0 Å². The Balaban J connectivity index is 1.93. The molecule has 0 saturated carbocycles. The third kappa shape index (κ3) is 3.83. The number of hydrogen-bond acceptors (Lipinski definition) is 6. The van der Waals surface area contributed by atoms with Crippen LogP contribution in [0.15, 0.2) is 10.9 Å². The summed E-state index contributed by atoms with van der Waals surface area (Å²) >= 11 is 2.87. The zero-order valence-corrected chi connectivity index (χ0v) is 16.2. The van der Waals surface area contributed by atoms with Crippen molar-refractivity contribution in [2.45, 2.75) is 31.9 Å². The van der Waals surface area contributed by atoms with Gasteiger partial charge in [0.1, 0.15) is 16.5 Å². The van der Waals surface area contributed by atoms with E-state index >= 15 is 0 Å². The minimum Gasteiger partial charge on any atom is -0.365 e. The number of rotatable bonds is 5. The number of H-pyrrole nitrogens is 1. The smallest absolute Gasteiger partial charge is 0.275 e. The molecule has 1 aliphatic carbocycles. The Labute approximate surface area is 158 Å². The van der Waals surface area contributed by atoms with Gasteiger partial charge in [0.25, 0.3) is 17.4 Å². The summed E-state index contributed by atoms with van der Waals surface area (Å²) in [6.45, 7) is 2.16. The van der Waals surface area contributed by atoms with Crippen molar-refractivity contribution < 1.29 is 9.59 Å². The fourth-order valence-corrected chi connectivity index (χ4v) is 4.92. The van der Waals surface area contributed by atoms with Gasteiger partial charge >= 0.3 is 0 Å². The van der Waals surface area contributed by atoms with E-state index in [1.807, 2.05) is 6.26 Å². The lowest BCUT2D eigenvalue weighted by atomic mass is 9.88. The molecule has 1 atom stereocenters. The fraction of sp³-hybridized carbons (Fsp3) is 0.412. The summed E-state index contributed by atoms with van der Waals surface area (Å²) in [6, 6.07) is 1.15. The summed E-state index contributed by atoms with van der Waals surface area (Å²) in [4.78, 5) is 44.2. The maximum Gasteiger partial charge on any atom is 0.275 e. The van der Waals surface area contributed by atoms with Crippen molar-refractivity contribution in [3.05, 3.63) is 43.9 Å². The van der Waals surface area contributed by atoms with Gasteiger partial charge in [-0.05, 0) is 37.0 Å². The molecule has 0 saturated heterocycles. The second kappa shape index (κ2) is 7.63. The topological polar surface area (TPSA) is 118 Å². The van der Waals surface area contributed by atoms with Gasteiger partial charge in [0.05, 0.1) is 11.3 Å². The van der Waals surface area contributed by atoms with Crippen molar-refractivity contribution >= 4 is 39.9 Å². The van der Waals surface area contributed by atoms with Crippen LogP contribution in [0.25, 0.3) is 0 Å². The van der Waals surface area contributed by atoms with Crippen LogP contribution in [0.4, 0.5) is 5.00 Å². The van der Waals surface area contributed by atoms with Crippen LogP contribution in [-0.2, 0) is 18.6 Å². The number of aromatic amines is 1. The summed E-state index contributed by atoms with van der Waals surface area (Å²) in [5, 5.41) is 3.17. The Kier molecular flexibility index (Phi) is 5.47. The molecule has 0 aliphatic heterocycles. The van der Waals surface area contributed by atoms with E-state index in [-0.39, 0.29) is 11.3 Å². The van der Waals surface area contributed by atoms with Crippen molar-refractivity contribution in [1.82, 2.24) is 9.97 Å². The van der Waals surface area contributed by atoms with Crippen molar-refractivity contribution in [2.75, 3.05) is 11.6 Å². The highest BCUT2D eigenvalue weighted by Crippen LogP contribution is 2.39. The number of anilines is 1. The van der Waals surface area contributed by atoms with E-state index in [1.165, 1.54) is 23.1 Å². The van der Waals surface area contributed by atoms with E-state index in [4.69, 9.17) is 5.73 Å². The molecule has 0 spiro atoms. The summed E-state index contributed by atoms with van der Waals surface area (Å²) < 4.78 is 0. The molecule has 138 valence electrons. The number of fused-ring (bicyclic) bond motifs is 1. The van der Waals surface area contributed by atoms with E-state index in [2.05, 4.69) is 22.2 Å². The number of nitrogens with one attached hydrogen (secondary N) is 2. The monoisotopic (exact) mass is 392 g/mol. The predicted molar refractivity (Wildman–Crippen MR) is 104 cm³/mol. The average Bonchev–Trinajstić information content (AvgIpc) is 2.91. The third-order valence-electron chi connectivity index (χ3n) is 4.29. The van der Waals surface area contributed by atoms with Crippen LogP contribution in [0.5, 0.6) is 0 Å². The molecule has 7 nitrogen and oxygen atoms in total. The van der Waals surface area contributed by atoms with Crippen LogP contribution in [0, 0.1) is 5.92 Å². The molecule has 2 amide bonds. The van der Waals surface area contributed by atoms with E-state index in [0.29, 0.717) is 28.1 Å². The highest BCUT2D eigenvalue weighted by molar-refractivity contribution is 7.97. The van der Waals surface area contributed by atoms with Gasteiger partial charge in [-0.1, -0.05) is 6.92 Å². The minimum absolute atomic E-state index is 0.0213. The van der Waals surface area contributed by atoms with Crippen molar-refractivity contribution in [3.63, 3.8) is 0 Å². The maximum absolute atomic E-state index is 12.6. The van der Waals surface area contributed by atoms with Crippen LogP contribution < -0.4 is 16.6 Å². The molecule has 2 aromatic rings. The van der Waals surface area contributed by atoms with Gasteiger partial charge in [0.2, 0.25) is 0 Å². The number of nitrogens with two attached hydrogens (primary N) is 1. The zero-order valence-electron chi connectivity index (χ0n) is 14.5. The highest BCUT2D eigenvalue weighted by Gasteiger charge is 2.27. The first-order valence-electron chi connectivity index (χ1n) is 8.24. The number of aromatic nitrogens is 2. The summed E-state index contributed by atoms with van der Waals surface area (Å²) in [7, 11) is 0. The van der Waals surface area contributed by atoms with E-state index < -0.39 is 11.8 Å². The van der Waals surface area contributed by atoms with Gasteiger partial charge < -0.3 is 16.0 Å². The number of nitrogens with zero attached hydrogens (tertiary/aromatic N) is 1. The van der Waals surface area contributed by atoms with Gasteiger partial charge in [0, 0.05) is 10.9 Å². The molecule has 2 heterocycles. The third-order valence-corrected chi connectivity index (χ3v) is 6.02. The Morgan fingerprint density at radius 3 is 2.96 bits per heavy atom. The number of primary amides is 1. The molecule has 0 aromatic carbocycles. The SMILES string of the molecule is CSCc1nc(C(=O)Nc2sc3c(c2C(N)=O)CCC(C)C3)cc(=O)[nH]1. The molecule has 3 rings (SSSR count). The molecule has 26 heavy (non-hydrogen) atoms. The lowest BCUT2D eigenvalue weighted by molar-refractivity contribution is 0.1000. The normalized spacial score (nSPS) is 16.2. The summed E-state index contributed by atoms with van der Waals surface area (Å²) in [5.41, 5.74) is 6.53. The molecule has 0 bridgehead atoms. The van der Waals surface area contributed by atoms with Gasteiger partial charge in [-0.15, -0.1) is 11.3 Å². The number of amides is 2. The van der Waals surface area contributed by atoms with Gasteiger partial charge in [-0.25, -0.2) is 4.98 Å². The molecule has 9 heteroatoms. The summed E-state index contributed by atoms with van der Waals surface area (Å²) in [5.74, 6) is 0.397. The van der Waals surface area contributed by atoms with Gasteiger partial charge in [-0.2, -0.15) is 11.8 Å². The number of carbonyl (C=O) groups excluding carboxylic acids is 2. The lowest BCUT2D eigenvalue weighted by Gasteiger charge is -2.18. The molecule has 4 N–H and O–H groups in total. The van der Waals surface area contributed by atoms with Gasteiger partial charge in [-0.3, -0.25) is 14.4 Å². The number of thiophene rings is 1. The Morgan fingerprint density at radius 2 is 2.27 bits per heavy atom. The predicted octanol–water partition coefficient (Wildman–Crippen LogP) is 2.17. The van der Waals surface area contributed by atoms with Crippen LogP contribution in [0.2, 0.25) is 0 Å². The zero-order chi connectivity index (χ0) is 18.8. The fourth-order valence-electron chi connectivity index (χ4n) is 3.10. The van der Waals surface area contributed by atoms with E-state index in [0.717, 1.165) is 35.8 Å². The highest BCUT2D eigenvalue weighted by atomic mass is 32.2. The van der Waals surface area contributed by atoms with Crippen molar-refractivity contribution in [3.8, 4) is 0 Å². The summed E-state index contributed by atoms with van der Waals surface area (Å²) in [6.07, 6.45) is 4.52. The first-order valence-corrected chi connectivity index (χ1v) is 10.4. The van der Waals surface area contributed by atoms with E-state index in [9.17, 15) is 14.4 Å². The number of thioether (sulfide) groups is 1. The van der Waals surface area contributed by atoms with Crippen LogP contribution >= 0.6 is 23.1 Å². The quantitative estimate of drug-likeness (QED) is 0.721. The molecule has 0 radical (unpaired) electrons.